The van der Waals surface area contributed by atoms with Crippen LogP contribution in [-0.4, -0.2) is 36.7 Å². The standard InChI is InChI=1S/C14H20N2O2/c1-11-10-12(8-9-16(11)2)15-14(17)18-13-6-4-3-5-7-13/h3-7,11-12H,8-10H2,1-2H3,(H,15,17). The van der Waals surface area contributed by atoms with Crippen molar-refractivity contribution in [1.29, 1.82) is 0 Å². The Kier molecular flexibility index (Phi) is 4.20. The van der Waals surface area contributed by atoms with E-state index in [2.05, 4.69) is 24.2 Å². The van der Waals surface area contributed by atoms with Crippen molar-refractivity contribution in [1.82, 2.24) is 10.2 Å². The highest BCUT2D eigenvalue weighted by atomic mass is 16.6. The van der Waals surface area contributed by atoms with Crippen LogP contribution in [0.4, 0.5) is 4.79 Å². The molecule has 98 valence electrons. The first-order valence-corrected chi connectivity index (χ1v) is 6.39. The molecular weight excluding hydrogens is 228 g/mol. The second-order valence-corrected chi connectivity index (χ2v) is 4.90. The van der Waals surface area contributed by atoms with Crippen molar-refractivity contribution in [2.24, 2.45) is 0 Å². The molecule has 1 heterocycles. The zero-order chi connectivity index (χ0) is 13.0. The number of hydrogen-bond donors (Lipinski definition) is 1. The maximum atomic E-state index is 11.7. The average Bonchev–Trinajstić information content (AvgIpc) is 2.35. The Morgan fingerprint density at radius 2 is 2.11 bits per heavy atom. The van der Waals surface area contributed by atoms with E-state index >= 15 is 0 Å². The Bertz CT molecular complexity index is 394. The van der Waals surface area contributed by atoms with Gasteiger partial charge in [0.15, 0.2) is 0 Å². The van der Waals surface area contributed by atoms with Gasteiger partial charge in [-0.1, -0.05) is 18.2 Å². The summed E-state index contributed by atoms with van der Waals surface area (Å²) in [5.74, 6) is 0.580. The molecule has 0 saturated carbocycles. The van der Waals surface area contributed by atoms with Crippen LogP contribution >= 0.6 is 0 Å². The van der Waals surface area contributed by atoms with Gasteiger partial charge in [-0.05, 0) is 38.9 Å². The molecule has 0 radical (unpaired) electrons. The van der Waals surface area contributed by atoms with Crippen molar-refractivity contribution in [2.45, 2.75) is 31.8 Å². The zero-order valence-corrected chi connectivity index (χ0v) is 10.9. The number of nitrogens with one attached hydrogen (secondary N) is 1. The van der Waals surface area contributed by atoms with Gasteiger partial charge in [0, 0.05) is 18.6 Å². The lowest BCUT2D eigenvalue weighted by Crippen LogP contribution is -2.47. The highest BCUT2D eigenvalue weighted by Crippen LogP contribution is 2.16. The lowest BCUT2D eigenvalue weighted by atomic mass is 9.99. The van der Waals surface area contributed by atoms with Gasteiger partial charge in [0.1, 0.15) is 5.75 Å². The van der Waals surface area contributed by atoms with Gasteiger partial charge in [-0.25, -0.2) is 4.79 Å². The molecule has 1 aliphatic rings. The fraction of sp³-hybridized carbons (Fsp3) is 0.500. The largest absolute Gasteiger partial charge is 0.412 e. The molecule has 18 heavy (non-hydrogen) atoms. The summed E-state index contributed by atoms with van der Waals surface area (Å²) in [7, 11) is 2.11. The van der Waals surface area contributed by atoms with Crippen molar-refractivity contribution in [3.8, 4) is 5.75 Å². The van der Waals surface area contributed by atoms with E-state index in [0.717, 1.165) is 19.4 Å². The van der Waals surface area contributed by atoms with Crippen molar-refractivity contribution in [3.05, 3.63) is 30.3 Å². The molecule has 0 aromatic heterocycles. The predicted octanol–water partition coefficient (Wildman–Crippen LogP) is 2.26. The molecule has 0 spiro atoms. The molecule has 0 bridgehead atoms. The number of likely N-dealkylation sites (tertiary alicyclic amines) is 1. The third-order valence-electron chi connectivity index (χ3n) is 3.48. The highest BCUT2D eigenvalue weighted by Gasteiger charge is 2.24. The molecule has 1 fully saturated rings. The van der Waals surface area contributed by atoms with E-state index < -0.39 is 0 Å². The summed E-state index contributed by atoms with van der Waals surface area (Å²) in [6.07, 6.45) is 1.59. The quantitative estimate of drug-likeness (QED) is 0.873. The smallest absolute Gasteiger partial charge is 0.410 e. The number of nitrogens with zero attached hydrogens (tertiary/aromatic N) is 1. The molecule has 1 aromatic rings. The van der Waals surface area contributed by atoms with Crippen LogP contribution in [0.5, 0.6) is 5.75 Å². The molecule has 1 amide bonds. The lowest BCUT2D eigenvalue weighted by molar-refractivity contribution is 0.155. The molecule has 1 saturated heterocycles. The van der Waals surface area contributed by atoms with Crippen molar-refractivity contribution < 1.29 is 9.53 Å². The number of carbonyl (C=O) groups excluding carboxylic acids is 1. The van der Waals surface area contributed by atoms with E-state index in [1.807, 2.05) is 18.2 Å². The van der Waals surface area contributed by atoms with Crippen LogP contribution in [0.3, 0.4) is 0 Å². The van der Waals surface area contributed by atoms with Crippen LogP contribution in [0.2, 0.25) is 0 Å². The number of para-hydroxylation sites is 1. The maximum Gasteiger partial charge on any atom is 0.412 e. The molecule has 1 N–H and O–H groups in total. The number of ether oxygens (including phenoxy) is 1. The van der Waals surface area contributed by atoms with E-state index in [9.17, 15) is 4.79 Å². The number of carbonyl (C=O) groups is 1. The second kappa shape index (κ2) is 5.87. The second-order valence-electron chi connectivity index (χ2n) is 4.90. The van der Waals surface area contributed by atoms with Gasteiger partial charge in [-0.2, -0.15) is 0 Å². The summed E-state index contributed by atoms with van der Waals surface area (Å²) >= 11 is 0. The summed E-state index contributed by atoms with van der Waals surface area (Å²) in [5.41, 5.74) is 0. The van der Waals surface area contributed by atoms with Gasteiger partial charge < -0.3 is 15.0 Å². The third-order valence-corrected chi connectivity index (χ3v) is 3.48. The Hall–Kier alpha value is -1.55. The van der Waals surface area contributed by atoms with Crippen LogP contribution < -0.4 is 10.1 Å². The van der Waals surface area contributed by atoms with Crippen LogP contribution in [0.15, 0.2) is 30.3 Å². The van der Waals surface area contributed by atoms with E-state index in [-0.39, 0.29) is 12.1 Å². The topological polar surface area (TPSA) is 41.6 Å². The zero-order valence-electron chi connectivity index (χ0n) is 10.9. The summed E-state index contributed by atoms with van der Waals surface area (Å²) in [6.45, 7) is 3.19. The average molecular weight is 248 g/mol. The van der Waals surface area contributed by atoms with E-state index in [4.69, 9.17) is 4.74 Å². The molecule has 4 heteroatoms. The molecule has 0 aliphatic carbocycles. The first-order valence-electron chi connectivity index (χ1n) is 6.39. The third kappa shape index (κ3) is 3.47. The van der Waals surface area contributed by atoms with Crippen molar-refractivity contribution in [3.63, 3.8) is 0 Å². The SMILES string of the molecule is CC1CC(NC(=O)Oc2ccccc2)CCN1C. The normalized spacial score (nSPS) is 24.6. The predicted molar refractivity (Wildman–Crippen MR) is 70.7 cm³/mol. The summed E-state index contributed by atoms with van der Waals surface area (Å²) in [5, 5.41) is 2.93. The Labute approximate surface area is 108 Å². The van der Waals surface area contributed by atoms with E-state index in [0.29, 0.717) is 11.8 Å². The number of hydrogen-bond acceptors (Lipinski definition) is 3. The number of benzene rings is 1. The van der Waals surface area contributed by atoms with Crippen LogP contribution in [0, 0.1) is 0 Å². The van der Waals surface area contributed by atoms with Crippen LogP contribution in [0.25, 0.3) is 0 Å². The van der Waals surface area contributed by atoms with Gasteiger partial charge >= 0.3 is 6.09 Å². The molecule has 1 aromatic carbocycles. The first kappa shape index (κ1) is 12.9. The van der Waals surface area contributed by atoms with Crippen LogP contribution in [0.1, 0.15) is 19.8 Å². The van der Waals surface area contributed by atoms with Crippen molar-refractivity contribution >= 4 is 6.09 Å². The monoisotopic (exact) mass is 248 g/mol. The molecule has 2 atom stereocenters. The number of amides is 1. The Morgan fingerprint density at radius 1 is 1.39 bits per heavy atom. The summed E-state index contributed by atoms with van der Waals surface area (Å²) in [4.78, 5) is 14.0. The minimum atomic E-state index is -0.358. The molecule has 2 rings (SSSR count). The summed E-state index contributed by atoms with van der Waals surface area (Å²) < 4.78 is 5.22. The van der Waals surface area contributed by atoms with Crippen molar-refractivity contribution in [2.75, 3.05) is 13.6 Å². The fourth-order valence-corrected chi connectivity index (χ4v) is 2.21. The Balaban J connectivity index is 1.81. The first-order chi connectivity index (χ1) is 8.65. The Morgan fingerprint density at radius 3 is 2.78 bits per heavy atom. The van der Waals surface area contributed by atoms with Gasteiger partial charge in [0.25, 0.3) is 0 Å². The number of piperidine rings is 1. The molecule has 2 unspecified atom stereocenters. The molecular formula is C14H20N2O2. The molecule has 1 aliphatic heterocycles. The summed E-state index contributed by atoms with van der Waals surface area (Å²) in [6, 6.07) is 9.85. The highest BCUT2D eigenvalue weighted by molar-refractivity contribution is 5.70. The van der Waals surface area contributed by atoms with Gasteiger partial charge in [0.2, 0.25) is 0 Å². The lowest BCUT2D eigenvalue weighted by Gasteiger charge is -2.35. The fourth-order valence-electron chi connectivity index (χ4n) is 2.21. The van der Waals surface area contributed by atoms with Gasteiger partial charge in [-0.15, -0.1) is 0 Å². The van der Waals surface area contributed by atoms with Gasteiger partial charge in [0.05, 0.1) is 0 Å². The maximum absolute atomic E-state index is 11.7. The molecule has 4 nitrogen and oxygen atoms in total. The van der Waals surface area contributed by atoms with E-state index in [1.165, 1.54) is 0 Å². The minimum Gasteiger partial charge on any atom is -0.410 e. The van der Waals surface area contributed by atoms with E-state index in [1.54, 1.807) is 12.1 Å². The van der Waals surface area contributed by atoms with Crippen LogP contribution in [-0.2, 0) is 0 Å². The minimum absolute atomic E-state index is 0.215. The number of rotatable bonds is 2. The van der Waals surface area contributed by atoms with Gasteiger partial charge in [-0.3, -0.25) is 0 Å².